The van der Waals surface area contributed by atoms with Crippen molar-refractivity contribution in [2.24, 2.45) is 56.5 Å². The normalized spacial score (nSPS) is 62.2. The molecule has 0 aromatic rings. The van der Waals surface area contributed by atoms with Crippen molar-refractivity contribution in [3.8, 4) is 0 Å². The summed E-state index contributed by atoms with van der Waals surface area (Å²) in [6.45, 7) is 12.7. The molecule has 4 heteroatoms. The minimum absolute atomic E-state index is 0.0176. The Hall–Kier alpha value is -0.160. The second-order valence-electron chi connectivity index (χ2n) is 14.2. The first-order chi connectivity index (χ1) is 15.0. The van der Waals surface area contributed by atoms with Gasteiger partial charge in [-0.25, -0.2) is 0 Å². The number of hydrogen-bond acceptors (Lipinski definition) is 4. The molecule has 4 nitrogen and oxygen atoms in total. The van der Waals surface area contributed by atoms with Gasteiger partial charge in [-0.1, -0.05) is 34.6 Å². The fourth-order valence-electron chi connectivity index (χ4n) is 11.8. The van der Waals surface area contributed by atoms with E-state index in [-0.39, 0.29) is 40.7 Å². The van der Waals surface area contributed by atoms with Crippen LogP contribution in [0.5, 0.6) is 0 Å². The van der Waals surface area contributed by atoms with Crippen LogP contribution in [0.1, 0.15) is 92.4 Å². The zero-order valence-corrected chi connectivity index (χ0v) is 21.1. The number of nitrogens with two attached hydrogens (primary N) is 1. The molecule has 0 bridgehead atoms. The lowest BCUT2D eigenvalue weighted by molar-refractivity contribution is -0.182. The highest BCUT2D eigenvalue weighted by molar-refractivity contribution is 5.32. The Bertz CT molecular complexity index is 800. The summed E-state index contributed by atoms with van der Waals surface area (Å²) in [6.07, 6.45) is 10.1. The molecule has 0 radical (unpaired) electrons. The Kier molecular flexibility index (Phi) is 4.55. The first-order valence-corrected chi connectivity index (χ1v) is 13.7. The number of hydrogen-bond donors (Lipinski definition) is 3. The minimum Gasteiger partial charge on any atom is -0.393 e. The molecule has 2 spiro atoms. The first-order valence-electron chi connectivity index (χ1n) is 13.7. The second-order valence-corrected chi connectivity index (χ2v) is 14.2. The van der Waals surface area contributed by atoms with Crippen LogP contribution >= 0.6 is 0 Å². The van der Waals surface area contributed by atoms with Gasteiger partial charge in [-0.05, 0) is 110 Å². The second kappa shape index (κ2) is 6.53. The third-order valence-electron chi connectivity index (χ3n) is 13.3. The van der Waals surface area contributed by atoms with Gasteiger partial charge in [0.05, 0.1) is 24.4 Å². The SMILES string of the molecule is C[C@@H]1CC(CCN)OC2C1[C@@]1(C)CCC34C[C@@]35CC[C@H](O)C(C)(C)[C@@H]5CC[C@H]4[C@]1(C)[C@H]2O. The highest BCUT2D eigenvalue weighted by Crippen LogP contribution is 2.89. The molecule has 0 aromatic carbocycles. The average Bonchev–Trinajstić information content (AvgIpc) is 3.36. The average molecular weight is 446 g/mol. The van der Waals surface area contributed by atoms with Crippen LogP contribution in [0, 0.1) is 50.7 Å². The number of fused-ring (bicyclic) bond motifs is 4. The van der Waals surface area contributed by atoms with Crippen LogP contribution in [-0.2, 0) is 4.74 Å². The molecule has 1 heterocycles. The highest BCUT2D eigenvalue weighted by Gasteiger charge is 2.84. The van der Waals surface area contributed by atoms with Gasteiger partial charge in [0, 0.05) is 5.41 Å². The van der Waals surface area contributed by atoms with Crippen molar-refractivity contribution in [2.75, 3.05) is 6.54 Å². The quantitative estimate of drug-likeness (QED) is 0.585. The number of aliphatic hydroxyl groups is 2. The van der Waals surface area contributed by atoms with Crippen LogP contribution < -0.4 is 5.73 Å². The van der Waals surface area contributed by atoms with E-state index in [0.717, 1.165) is 19.3 Å². The van der Waals surface area contributed by atoms with Gasteiger partial charge in [0.25, 0.3) is 0 Å². The van der Waals surface area contributed by atoms with Crippen LogP contribution in [0.2, 0.25) is 0 Å². The summed E-state index contributed by atoms with van der Waals surface area (Å²) in [5.41, 5.74) is 6.76. The van der Waals surface area contributed by atoms with E-state index in [9.17, 15) is 10.2 Å². The predicted molar refractivity (Wildman–Crippen MR) is 126 cm³/mol. The molecule has 6 fully saturated rings. The molecule has 12 atom stereocenters. The molecule has 6 aliphatic rings. The summed E-state index contributed by atoms with van der Waals surface area (Å²) in [6, 6.07) is 0. The summed E-state index contributed by atoms with van der Waals surface area (Å²) >= 11 is 0. The maximum atomic E-state index is 12.1. The molecule has 32 heavy (non-hydrogen) atoms. The van der Waals surface area contributed by atoms with Gasteiger partial charge in [-0.3, -0.25) is 0 Å². The summed E-state index contributed by atoms with van der Waals surface area (Å²) in [4.78, 5) is 0. The Morgan fingerprint density at radius 3 is 2.34 bits per heavy atom. The van der Waals surface area contributed by atoms with Crippen LogP contribution in [-0.4, -0.2) is 41.2 Å². The topological polar surface area (TPSA) is 75.7 Å². The molecule has 0 aromatic heterocycles. The van der Waals surface area contributed by atoms with Crippen molar-refractivity contribution in [1.29, 1.82) is 0 Å². The van der Waals surface area contributed by atoms with Crippen LogP contribution in [0.15, 0.2) is 0 Å². The van der Waals surface area contributed by atoms with E-state index in [1.165, 1.54) is 38.5 Å². The van der Waals surface area contributed by atoms with Crippen molar-refractivity contribution in [1.82, 2.24) is 0 Å². The Labute approximate surface area is 195 Å². The highest BCUT2D eigenvalue weighted by atomic mass is 16.5. The van der Waals surface area contributed by atoms with E-state index in [1.807, 2.05) is 0 Å². The lowest BCUT2D eigenvalue weighted by Crippen LogP contribution is -2.59. The van der Waals surface area contributed by atoms with Crippen LogP contribution in [0.3, 0.4) is 0 Å². The number of rotatable bonds is 2. The third kappa shape index (κ3) is 2.26. The zero-order valence-electron chi connectivity index (χ0n) is 21.1. The lowest BCUT2D eigenvalue weighted by Gasteiger charge is -2.63. The van der Waals surface area contributed by atoms with Gasteiger partial charge >= 0.3 is 0 Å². The van der Waals surface area contributed by atoms with E-state index in [1.54, 1.807) is 0 Å². The Morgan fingerprint density at radius 1 is 0.938 bits per heavy atom. The standard InChI is InChI=1S/C28H47NO3/c1-16-14-17(9-13-29)32-22-21(16)25(4)11-12-28-15-27(28)10-8-20(30)24(2,3)18(27)6-7-19(28)26(25,5)23(22)31/h16-23,30-31H,6-15,29H2,1-5H3/t16-,17?,18+,19+,20+,21?,22?,23+,25-,26-,27-,28?/m1/s1. The third-order valence-corrected chi connectivity index (χ3v) is 13.3. The van der Waals surface area contributed by atoms with E-state index in [2.05, 4.69) is 34.6 Å². The predicted octanol–water partition coefficient (Wildman–Crippen LogP) is 4.51. The lowest BCUT2D eigenvalue weighted by atomic mass is 9.41. The number of aliphatic hydroxyl groups excluding tert-OH is 2. The van der Waals surface area contributed by atoms with Gasteiger partial charge in [0.2, 0.25) is 0 Å². The smallest absolute Gasteiger partial charge is 0.0879 e. The molecule has 1 saturated heterocycles. The summed E-state index contributed by atoms with van der Waals surface area (Å²) in [7, 11) is 0. The van der Waals surface area contributed by atoms with Crippen LogP contribution in [0.25, 0.3) is 0 Å². The summed E-state index contributed by atoms with van der Waals surface area (Å²) in [5, 5.41) is 22.9. The van der Waals surface area contributed by atoms with E-state index in [4.69, 9.17) is 10.5 Å². The molecule has 4 unspecified atom stereocenters. The monoisotopic (exact) mass is 445 g/mol. The molecule has 5 aliphatic carbocycles. The molecule has 4 N–H and O–H groups in total. The van der Waals surface area contributed by atoms with E-state index in [0.29, 0.717) is 41.0 Å². The van der Waals surface area contributed by atoms with Gasteiger partial charge in [-0.15, -0.1) is 0 Å². The van der Waals surface area contributed by atoms with Crippen molar-refractivity contribution < 1.29 is 14.9 Å². The van der Waals surface area contributed by atoms with E-state index < -0.39 is 0 Å². The van der Waals surface area contributed by atoms with Crippen LogP contribution in [0.4, 0.5) is 0 Å². The molecular weight excluding hydrogens is 398 g/mol. The largest absolute Gasteiger partial charge is 0.393 e. The fourth-order valence-corrected chi connectivity index (χ4v) is 11.8. The summed E-state index contributed by atoms with van der Waals surface area (Å²) in [5.74, 6) is 2.24. The molecule has 0 amide bonds. The maximum Gasteiger partial charge on any atom is 0.0879 e. The van der Waals surface area contributed by atoms with Gasteiger partial charge < -0.3 is 20.7 Å². The zero-order chi connectivity index (χ0) is 22.9. The maximum absolute atomic E-state index is 12.1. The van der Waals surface area contributed by atoms with E-state index >= 15 is 0 Å². The Balaban J connectivity index is 1.38. The van der Waals surface area contributed by atoms with Crippen molar-refractivity contribution in [3.63, 3.8) is 0 Å². The van der Waals surface area contributed by atoms with Crippen molar-refractivity contribution in [2.45, 2.75) is 117 Å². The Morgan fingerprint density at radius 2 is 1.62 bits per heavy atom. The van der Waals surface area contributed by atoms with Gasteiger partial charge in [0.15, 0.2) is 0 Å². The van der Waals surface area contributed by atoms with Gasteiger partial charge in [0.1, 0.15) is 0 Å². The molecule has 5 saturated carbocycles. The van der Waals surface area contributed by atoms with Crippen molar-refractivity contribution in [3.05, 3.63) is 0 Å². The van der Waals surface area contributed by atoms with Crippen molar-refractivity contribution >= 4 is 0 Å². The molecular formula is C28H47NO3. The van der Waals surface area contributed by atoms with Gasteiger partial charge in [-0.2, -0.15) is 0 Å². The first kappa shape index (κ1) is 22.3. The fraction of sp³-hybridized carbons (Fsp3) is 1.00. The molecule has 1 aliphatic heterocycles. The summed E-state index contributed by atoms with van der Waals surface area (Å²) < 4.78 is 6.67. The number of ether oxygens (including phenoxy) is 1. The molecule has 6 rings (SSSR count). The minimum atomic E-state index is -0.376. The molecule has 182 valence electrons.